The van der Waals surface area contributed by atoms with Gasteiger partial charge in [-0.2, -0.15) is 5.10 Å². The molecule has 164 valence electrons. The van der Waals surface area contributed by atoms with Crippen LogP contribution in [0.5, 0.6) is 11.5 Å². The molecule has 0 bridgehead atoms. The number of nitrogens with one attached hydrogen (secondary N) is 1. The second kappa shape index (κ2) is 9.09. The summed E-state index contributed by atoms with van der Waals surface area (Å²) in [6.07, 6.45) is -3.15. The standard InChI is InChI=1S/C21H21F3N4O3/c1-13(25)12-30-19-8-5-15(11-17(19)18-9-10-26-28(18)2)27-20(29)14-3-6-16(7-4-14)31-21(22,23)24/h3-11,13H,12,25H2,1-2H3,(H,27,29)/t13-/m1/s1. The molecule has 1 aromatic heterocycles. The number of amides is 1. The molecule has 1 atom stereocenters. The first kappa shape index (κ1) is 22.2. The molecule has 0 aliphatic heterocycles. The van der Waals surface area contributed by atoms with Crippen molar-refractivity contribution in [3.05, 3.63) is 60.3 Å². The Bertz CT molecular complexity index is 1050. The van der Waals surface area contributed by atoms with E-state index in [2.05, 4.69) is 15.2 Å². The number of hydrogen-bond donors (Lipinski definition) is 2. The van der Waals surface area contributed by atoms with Gasteiger partial charge in [-0.3, -0.25) is 9.48 Å². The van der Waals surface area contributed by atoms with E-state index < -0.39 is 18.0 Å². The molecule has 3 aromatic rings. The number of benzene rings is 2. The Kier molecular flexibility index (Phi) is 6.50. The number of hydrogen-bond acceptors (Lipinski definition) is 5. The lowest BCUT2D eigenvalue weighted by atomic mass is 10.1. The summed E-state index contributed by atoms with van der Waals surface area (Å²) in [6, 6.07) is 11.4. The molecular formula is C21H21F3N4O3. The average molecular weight is 434 g/mol. The van der Waals surface area contributed by atoms with E-state index in [0.29, 0.717) is 23.6 Å². The molecule has 0 unspecified atom stereocenters. The maximum absolute atomic E-state index is 12.5. The molecule has 7 nitrogen and oxygen atoms in total. The van der Waals surface area contributed by atoms with Gasteiger partial charge in [-0.1, -0.05) is 0 Å². The molecule has 0 radical (unpaired) electrons. The van der Waals surface area contributed by atoms with E-state index in [1.54, 1.807) is 42.2 Å². The quantitative estimate of drug-likeness (QED) is 0.587. The van der Waals surface area contributed by atoms with Gasteiger partial charge in [0.1, 0.15) is 18.1 Å². The van der Waals surface area contributed by atoms with Gasteiger partial charge in [0.15, 0.2) is 0 Å². The number of anilines is 1. The normalized spacial score (nSPS) is 12.3. The molecule has 0 saturated carbocycles. The molecule has 0 spiro atoms. The van der Waals surface area contributed by atoms with Crippen molar-refractivity contribution in [3.63, 3.8) is 0 Å². The SMILES string of the molecule is C[C@@H](N)COc1ccc(NC(=O)c2ccc(OC(F)(F)F)cc2)cc1-c1ccnn1C. The van der Waals surface area contributed by atoms with Gasteiger partial charge in [0.2, 0.25) is 0 Å². The Morgan fingerprint density at radius 3 is 2.48 bits per heavy atom. The highest BCUT2D eigenvalue weighted by Gasteiger charge is 2.31. The molecule has 0 aliphatic carbocycles. The number of carbonyl (C=O) groups is 1. The molecular weight excluding hydrogens is 413 g/mol. The van der Waals surface area contributed by atoms with Gasteiger partial charge in [-0.05, 0) is 55.5 Å². The zero-order valence-corrected chi connectivity index (χ0v) is 16.8. The van der Waals surface area contributed by atoms with Gasteiger partial charge < -0.3 is 20.5 Å². The van der Waals surface area contributed by atoms with Crippen LogP contribution in [0.4, 0.5) is 18.9 Å². The van der Waals surface area contributed by atoms with E-state index in [1.807, 2.05) is 6.92 Å². The molecule has 10 heteroatoms. The number of rotatable bonds is 7. The van der Waals surface area contributed by atoms with Crippen molar-refractivity contribution >= 4 is 11.6 Å². The highest BCUT2D eigenvalue weighted by Crippen LogP contribution is 2.33. The highest BCUT2D eigenvalue weighted by atomic mass is 19.4. The van der Waals surface area contributed by atoms with Gasteiger partial charge >= 0.3 is 6.36 Å². The van der Waals surface area contributed by atoms with Crippen LogP contribution in [0.1, 0.15) is 17.3 Å². The number of nitrogens with zero attached hydrogens (tertiary/aromatic N) is 2. The molecule has 2 aromatic carbocycles. The fourth-order valence-electron chi connectivity index (χ4n) is 2.80. The molecule has 0 aliphatic rings. The first-order valence-corrected chi connectivity index (χ1v) is 9.30. The Morgan fingerprint density at radius 1 is 1.19 bits per heavy atom. The Hall–Kier alpha value is -3.53. The summed E-state index contributed by atoms with van der Waals surface area (Å²) < 4.78 is 48.1. The summed E-state index contributed by atoms with van der Waals surface area (Å²) in [5.74, 6) is -0.315. The monoisotopic (exact) mass is 434 g/mol. The third-order valence-electron chi connectivity index (χ3n) is 4.19. The van der Waals surface area contributed by atoms with Crippen LogP contribution in [0.3, 0.4) is 0 Å². The topological polar surface area (TPSA) is 91.4 Å². The first-order valence-electron chi connectivity index (χ1n) is 9.30. The van der Waals surface area contributed by atoms with Crippen LogP contribution in [0.15, 0.2) is 54.7 Å². The summed E-state index contributed by atoms with van der Waals surface area (Å²) in [4.78, 5) is 12.5. The van der Waals surface area contributed by atoms with Crippen LogP contribution in [-0.4, -0.2) is 34.7 Å². The molecule has 0 saturated heterocycles. The number of aromatic nitrogens is 2. The van der Waals surface area contributed by atoms with Crippen LogP contribution >= 0.6 is 0 Å². The minimum atomic E-state index is -4.79. The van der Waals surface area contributed by atoms with E-state index in [1.165, 1.54) is 12.1 Å². The van der Waals surface area contributed by atoms with Gasteiger partial charge in [0, 0.05) is 36.1 Å². The van der Waals surface area contributed by atoms with Crippen molar-refractivity contribution < 1.29 is 27.4 Å². The molecule has 31 heavy (non-hydrogen) atoms. The Labute approximate surface area is 176 Å². The molecule has 3 rings (SSSR count). The average Bonchev–Trinajstić information content (AvgIpc) is 3.11. The van der Waals surface area contributed by atoms with E-state index in [0.717, 1.165) is 17.8 Å². The van der Waals surface area contributed by atoms with E-state index >= 15 is 0 Å². The fraction of sp³-hybridized carbons (Fsp3) is 0.238. The lowest BCUT2D eigenvalue weighted by Crippen LogP contribution is -2.23. The van der Waals surface area contributed by atoms with Crippen LogP contribution in [0.2, 0.25) is 0 Å². The fourth-order valence-corrected chi connectivity index (χ4v) is 2.80. The predicted octanol–water partition coefficient (Wildman–Crippen LogP) is 3.96. The number of alkyl halides is 3. The Morgan fingerprint density at radius 2 is 1.90 bits per heavy atom. The van der Waals surface area contributed by atoms with Gasteiger partial charge in [0.25, 0.3) is 5.91 Å². The van der Waals surface area contributed by atoms with Crippen LogP contribution < -0.4 is 20.5 Å². The number of ether oxygens (including phenoxy) is 2. The van der Waals surface area contributed by atoms with E-state index in [-0.39, 0.29) is 11.6 Å². The maximum atomic E-state index is 12.5. The van der Waals surface area contributed by atoms with Crippen LogP contribution in [-0.2, 0) is 7.05 Å². The van der Waals surface area contributed by atoms with Crippen molar-refractivity contribution in [3.8, 4) is 22.8 Å². The number of nitrogens with two attached hydrogens (primary N) is 1. The third kappa shape index (κ3) is 5.98. The van der Waals surface area contributed by atoms with Gasteiger partial charge in [0.05, 0.1) is 5.69 Å². The zero-order valence-electron chi connectivity index (χ0n) is 16.8. The van der Waals surface area contributed by atoms with Crippen molar-refractivity contribution in [1.82, 2.24) is 9.78 Å². The summed E-state index contributed by atoms with van der Waals surface area (Å²) in [5, 5.41) is 6.89. The van der Waals surface area contributed by atoms with Crippen molar-refractivity contribution in [2.75, 3.05) is 11.9 Å². The third-order valence-corrected chi connectivity index (χ3v) is 4.19. The lowest BCUT2D eigenvalue weighted by Gasteiger charge is -2.15. The zero-order chi connectivity index (χ0) is 22.6. The van der Waals surface area contributed by atoms with Gasteiger partial charge in [-0.25, -0.2) is 0 Å². The summed E-state index contributed by atoms with van der Waals surface area (Å²) in [6.45, 7) is 2.13. The number of aryl methyl sites for hydroxylation is 1. The Balaban J connectivity index is 1.81. The lowest BCUT2D eigenvalue weighted by molar-refractivity contribution is -0.274. The smallest absolute Gasteiger partial charge is 0.491 e. The maximum Gasteiger partial charge on any atom is 0.573 e. The van der Waals surface area contributed by atoms with E-state index in [9.17, 15) is 18.0 Å². The predicted molar refractivity (Wildman–Crippen MR) is 109 cm³/mol. The molecule has 3 N–H and O–H groups in total. The van der Waals surface area contributed by atoms with Crippen molar-refractivity contribution in [2.45, 2.75) is 19.3 Å². The first-order chi connectivity index (χ1) is 14.6. The minimum Gasteiger partial charge on any atom is -0.491 e. The number of carbonyl (C=O) groups excluding carboxylic acids is 1. The highest BCUT2D eigenvalue weighted by molar-refractivity contribution is 6.04. The van der Waals surface area contributed by atoms with Gasteiger partial charge in [-0.15, -0.1) is 13.2 Å². The summed E-state index contributed by atoms with van der Waals surface area (Å²) >= 11 is 0. The van der Waals surface area contributed by atoms with Crippen molar-refractivity contribution in [1.29, 1.82) is 0 Å². The van der Waals surface area contributed by atoms with Crippen molar-refractivity contribution in [2.24, 2.45) is 12.8 Å². The number of halogens is 3. The molecule has 0 fully saturated rings. The van der Waals surface area contributed by atoms with Crippen LogP contribution in [0.25, 0.3) is 11.3 Å². The largest absolute Gasteiger partial charge is 0.573 e. The second-order valence-corrected chi connectivity index (χ2v) is 6.87. The summed E-state index contributed by atoms with van der Waals surface area (Å²) in [7, 11) is 1.78. The summed E-state index contributed by atoms with van der Waals surface area (Å²) in [5.41, 5.74) is 7.89. The van der Waals surface area contributed by atoms with Crippen LogP contribution in [0, 0.1) is 0 Å². The molecule has 1 amide bonds. The van der Waals surface area contributed by atoms with E-state index in [4.69, 9.17) is 10.5 Å². The minimum absolute atomic E-state index is 0.164. The second-order valence-electron chi connectivity index (χ2n) is 6.87. The molecule has 1 heterocycles.